The van der Waals surface area contributed by atoms with E-state index in [4.69, 9.17) is 4.98 Å². The van der Waals surface area contributed by atoms with E-state index in [9.17, 15) is 4.79 Å². The molecule has 2 saturated carbocycles. The predicted octanol–water partition coefficient (Wildman–Crippen LogP) is 4.88. The Balaban J connectivity index is 1.60. The van der Waals surface area contributed by atoms with E-state index >= 15 is 0 Å². The van der Waals surface area contributed by atoms with Crippen LogP contribution in [0.4, 0.5) is 0 Å². The number of rotatable bonds is 4. The van der Waals surface area contributed by atoms with Crippen LogP contribution >= 0.6 is 0 Å². The van der Waals surface area contributed by atoms with E-state index in [1.807, 2.05) is 18.0 Å². The van der Waals surface area contributed by atoms with Crippen molar-refractivity contribution in [3.63, 3.8) is 0 Å². The number of likely N-dealkylation sites (N-methyl/N-ethyl adjacent to an activating group) is 1. The summed E-state index contributed by atoms with van der Waals surface area (Å²) in [6, 6.07) is 8.71. The van der Waals surface area contributed by atoms with Gasteiger partial charge >= 0.3 is 0 Å². The van der Waals surface area contributed by atoms with Crippen LogP contribution in [-0.2, 0) is 11.3 Å². The first-order valence-corrected chi connectivity index (χ1v) is 10.4. The van der Waals surface area contributed by atoms with Crippen molar-refractivity contribution in [1.82, 2.24) is 14.5 Å². The molecule has 2 aliphatic rings. The van der Waals surface area contributed by atoms with Crippen LogP contribution in [0.25, 0.3) is 11.0 Å². The maximum atomic E-state index is 13.1. The molecule has 4 heteroatoms. The lowest BCUT2D eigenvalue weighted by Crippen LogP contribution is -2.40. The lowest BCUT2D eigenvalue weighted by Gasteiger charge is -2.32. The van der Waals surface area contributed by atoms with Gasteiger partial charge < -0.3 is 9.47 Å². The summed E-state index contributed by atoms with van der Waals surface area (Å²) in [6.45, 7) is 0.430. The van der Waals surface area contributed by atoms with Crippen LogP contribution < -0.4 is 0 Å². The number of benzene rings is 1. The summed E-state index contributed by atoms with van der Waals surface area (Å²) in [5, 5.41) is 0. The maximum Gasteiger partial charge on any atom is 0.242 e. The largest absolute Gasteiger partial charge is 0.341 e. The minimum absolute atomic E-state index is 0.233. The average molecular weight is 354 g/mol. The summed E-state index contributed by atoms with van der Waals surface area (Å²) in [5.74, 6) is 1.87. The van der Waals surface area contributed by atoms with E-state index in [0.29, 0.717) is 18.5 Å². The number of fused-ring (bicyclic) bond motifs is 1. The van der Waals surface area contributed by atoms with Gasteiger partial charge in [0.15, 0.2) is 0 Å². The standard InChI is InChI=1S/C22H31N3O/c1-24(18-12-6-3-7-13-18)21(26)16-25-20-15-9-8-14-19(20)23-22(25)17-10-4-2-5-11-17/h8-9,14-15,17-18H,2-7,10-13,16H2,1H3. The molecule has 4 nitrogen and oxygen atoms in total. The number of aromatic nitrogens is 2. The van der Waals surface area contributed by atoms with Crippen molar-refractivity contribution in [2.75, 3.05) is 7.05 Å². The van der Waals surface area contributed by atoms with Crippen LogP contribution in [0.15, 0.2) is 24.3 Å². The summed E-state index contributed by atoms with van der Waals surface area (Å²) in [5.41, 5.74) is 2.14. The lowest BCUT2D eigenvalue weighted by molar-refractivity contribution is -0.133. The van der Waals surface area contributed by atoms with Crippen molar-refractivity contribution < 1.29 is 4.79 Å². The van der Waals surface area contributed by atoms with Crippen molar-refractivity contribution in [2.45, 2.75) is 82.7 Å². The summed E-state index contributed by atoms with van der Waals surface area (Å²) in [4.78, 5) is 20.0. The number of imidazole rings is 1. The fraction of sp³-hybridized carbons (Fsp3) is 0.636. The molecule has 2 fully saturated rings. The number of carbonyl (C=O) groups is 1. The number of para-hydroxylation sites is 2. The Kier molecular flexibility index (Phi) is 5.28. The first-order valence-electron chi connectivity index (χ1n) is 10.4. The Morgan fingerprint density at radius 3 is 2.42 bits per heavy atom. The molecule has 4 rings (SSSR count). The van der Waals surface area contributed by atoms with E-state index in [1.165, 1.54) is 51.4 Å². The van der Waals surface area contributed by atoms with Crippen LogP contribution in [0.5, 0.6) is 0 Å². The highest BCUT2D eigenvalue weighted by molar-refractivity contribution is 5.81. The monoisotopic (exact) mass is 353 g/mol. The molecule has 1 heterocycles. The lowest BCUT2D eigenvalue weighted by atomic mass is 9.88. The zero-order valence-corrected chi connectivity index (χ0v) is 16.0. The minimum Gasteiger partial charge on any atom is -0.341 e. The van der Waals surface area contributed by atoms with Gasteiger partial charge in [0.05, 0.1) is 11.0 Å². The molecule has 140 valence electrons. The minimum atomic E-state index is 0.233. The fourth-order valence-corrected chi connectivity index (χ4v) is 4.85. The number of carbonyl (C=O) groups excluding carboxylic acids is 1. The molecule has 26 heavy (non-hydrogen) atoms. The van der Waals surface area contributed by atoms with Gasteiger partial charge in [0.1, 0.15) is 12.4 Å². The van der Waals surface area contributed by atoms with Crippen molar-refractivity contribution in [2.24, 2.45) is 0 Å². The van der Waals surface area contributed by atoms with E-state index in [-0.39, 0.29) is 5.91 Å². The van der Waals surface area contributed by atoms with Gasteiger partial charge in [0.25, 0.3) is 0 Å². The Bertz CT molecular complexity index is 754. The fourth-order valence-electron chi connectivity index (χ4n) is 4.85. The molecular weight excluding hydrogens is 322 g/mol. The zero-order valence-electron chi connectivity index (χ0n) is 16.0. The molecule has 0 N–H and O–H groups in total. The van der Waals surface area contributed by atoms with Gasteiger partial charge in [-0.05, 0) is 37.8 Å². The molecule has 1 aromatic heterocycles. The number of hydrogen-bond acceptors (Lipinski definition) is 2. The van der Waals surface area contributed by atoms with Gasteiger partial charge in [-0.1, -0.05) is 50.7 Å². The normalized spacial score (nSPS) is 19.7. The van der Waals surface area contributed by atoms with Gasteiger partial charge in [-0.2, -0.15) is 0 Å². The highest BCUT2D eigenvalue weighted by atomic mass is 16.2. The van der Waals surface area contributed by atoms with Gasteiger partial charge in [0, 0.05) is 19.0 Å². The molecule has 0 unspecified atom stereocenters. The van der Waals surface area contributed by atoms with Gasteiger partial charge in [-0.3, -0.25) is 4.79 Å². The SMILES string of the molecule is CN(C(=O)Cn1c(C2CCCCC2)nc2ccccc21)C1CCCCC1. The van der Waals surface area contributed by atoms with Crippen LogP contribution in [0.1, 0.15) is 76.0 Å². The number of nitrogens with zero attached hydrogens (tertiary/aromatic N) is 3. The summed E-state index contributed by atoms with van der Waals surface area (Å²) < 4.78 is 2.22. The second kappa shape index (κ2) is 7.81. The van der Waals surface area contributed by atoms with Crippen LogP contribution in [0.2, 0.25) is 0 Å². The highest BCUT2D eigenvalue weighted by Gasteiger charge is 2.26. The molecule has 0 aliphatic heterocycles. The Morgan fingerprint density at radius 1 is 1.04 bits per heavy atom. The second-order valence-electron chi connectivity index (χ2n) is 8.18. The van der Waals surface area contributed by atoms with Gasteiger partial charge in [-0.25, -0.2) is 4.98 Å². The zero-order chi connectivity index (χ0) is 17.9. The topological polar surface area (TPSA) is 38.1 Å². The smallest absolute Gasteiger partial charge is 0.242 e. The maximum absolute atomic E-state index is 13.1. The molecule has 0 spiro atoms. The molecule has 2 aliphatic carbocycles. The third-order valence-electron chi connectivity index (χ3n) is 6.46. The number of hydrogen-bond donors (Lipinski definition) is 0. The Morgan fingerprint density at radius 2 is 1.69 bits per heavy atom. The first kappa shape index (κ1) is 17.6. The van der Waals surface area contributed by atoms with Crippen molar-refractivity contribution in [1.29, 1.82) is 0 Å². The van der Waals surface area contributed by atoms with Crippen LogP contribution in [0, 0.1) is 0 Å². The number of amides is 1. The highest BCUT2D eigenvalue weighted by Crippen LogP contribution is 2.34. The van der Waals surface area contributed by atoms with Crippen LogP contribution in [-0.4, -0.2) is 33.4 Å². The Labute approximate surface area is 156 Å². The third-order valence-corrected chi connectivity index (χ3v) is 6.46. The molecule has 1 amide bonds. The average Bonchev–Trinajstić information content (AvgIpc) is 3.07. The first-order chi connectivity index (χ1) is 12.7. The van der Waals surface area contributed by atoms with E-state index in [0.717, 1.165) is 29.7 Å². The Hall–Kier alpha value is -1.84. The van der Waals surface area contributed by atoms with Crippen LogP contribution in [0.3, 0.4) is 0 Å². The quantitative estimate of drug-likeness (QED) is 0.786. The molecule has 0 bridgehead atoms. The molecule has 0 saturated heterocycles. The van der Waals surface area contributed by atoms with E-state index < -0.39 is 0 Å². The summed E-state index contributed by atoms with van der Waals surface area (Å²) in [7, 11) is 2.00. The molecule has 0 radical (unpaired) electrons. The van der Waals surface area contributed by atoms with Crippen molar-refractivity contribution >= 4 is 16.9 Å². The molecule has 2 aromatic rings. The molecule has 0 atom stereocenters. The van der Waals surface area contributed by atoms with Gasteiger partial charge in [0.2, 0.25) is 5.91 Å². The van der Waals surface area contributed by atoms with E-state index in [1.54, 1.807) is 0 Å². The summed E-state index contributed by atoms with van der Waals surface area (Å²) >= 11 is 0. The molecular formula is C22H31N3O. The van der Waals surface area contributed by atoms with Crippen molar-refractivity contribution in [3.8, 4) is 0 Å². The van der Waals surface area contributed by atoms with Crippen molar-refractivity contribution in [3.05, 3.63) is 30.1 Å². The second-order valence-corrected chi connectivity index (χ2v) is 8.18. The van der Waals surface area contributed by atoms with Gasteiger partial charge in [-0.15, -0.1) is 0 Å². The third kappa shape index (κ3) is 3.51. The molecule has 1 aromatic carbocycles. The summed E-state index contributed by atoms with van der Waals surface area (Å²) in [6.07, 6.45) is 12.4. The predicted molar refractivity (Wildman–Crippen MR) is 105 cm³/mol. The van der Waals surface area contributed by atoms with E-state index in [2.05, 4.69) is 22.8 Å².